The highest BCUT2D eigenvalue weighted by Gasteiger charge is 2.09. The molecule has 0 fully saturated rings. The summed E-state index contributed by atoms with van der Waals surface area (Å²) in [5.74, 6) is -0.741. The Morgan fingerprint density at radius 1 is 1.27 bits per heavy atom. The molecule has 2 aromatic carbocycles. The number of nitrogens with zero attached hydrogens (tertiary/aromatic N) is 1. The van der Waals surface area contributed by atoms with Gasteiger partial charge in [-0.25, -0.2) is 4.39 Å². The number of benzene rings is 2. The predicted molar refractivity (Wildman–Crippen MR) is 78.4 cm³/mol. The molecule has 0 aliphatic rings. The van der Waals surface area contributed by atoms with Crippen molar-refractivity contribution in [3.05, 3.63) is 64.0 Å². The molecular formula is C15H13FN2O4. The zero-order valence-electron chi connectivity index (χ0n) is 11.7. The zero-order chi connectivity index (χ0) is 16.1. The summed E-state index contributed by atoms with van der Waals surface area (Å²) in [4.78, 5) is 21.7. The number of anilines is 1. The summed E-state index contributed by atoms with van der Waals surface area (Å²) in [6, 6.07) is 9.77. The maximum Gasteiger partial charge on any atom is 0.269 e. The Balaban J connectivity index is 1.91. The second kappa shape index (κ2) is 6.66. The Hall–Kier alpha value is -2.96. The quantitative estimate of drug-likeness (QED) is 0.680. The lowest BCUT2D eigenvalue weighted by molar-refractivity contribution is -0.384. The van der Waals surface area contributed by atoms with Crippen LogP contribution in [0.1, 0.15) is 5.56 Å². The second-order valence-corrected chi connectivity index (χ2v) is 4.57. The van der Waals surface area contributed by atoms with E-state index >= 15 is 0 Å². The lowest BCUT2D eigenvalue weighted by Crippen LogP contribution is -2.20. The van der Waals surface area contributed by atoms with Gasteiger partial charge < -0.3 is 10.1 Å². The van der Waals surface area contributed by atoms with Crippen molar-refractivity contribution in [1.82, 2.24) is 0 Å². The summed E-state index contributed by atoms with van der Waals surface area (Å²) in [6.45, 7) is 1.41. The van der Waals surface area contributed by atoms with Crippen LogP contribution in [0.15, 0.2) is 42.5 Å². The van der Waals surface area contributed by atoms with Crippen LogP contribution in [0.25, 0.3) is 0 Å². The first-order valence-corrected chi connectivity index (χ1v) is 6.39. The van der Waals surface area contributed by atoms with Gasteiger partial charge in [0.05, 0.1) is 10.6 Å². The van der Waals surface area contributed by atoms with Gasteiger partial charge in [0, 0.05) is 12.1 Å². The highest BCUT2D eigenvalue weighted by atomic mass is 19.1. The zero-order valence-corrected chi connectivity index (χ0v) is 11.7. The van der Waals surface area contributed by atoms with Gasteiger partial charge in [0.2, 0.25) is 0 Å². The molecule has 0 aliphatic heterocycles. The van der Waals surface area contributed by atoms with E-state index < -0.39 is 16.6 Å². The topological polar surface area (TPSA) is 81.5 Å². The van der Waals surface area contributed by atoms with Crippen molar-refractivity contribution < 1.29 is 18.8 Å². The minimum atomic E-state index is -0.531. The number of halogens is 1. The van der Waals surface area contributed by atoms with Crippen LogP contribution in [0.5, 0.6) is 5.75 Å². The molecule has 0 saturated carbocycles. The first-order chi connectivity index (χ1) is 10.5. The summed E-state index contributed by atoms with van der Waals surface area (Å²) in [7, 11) is 0. The number of rotatable bonds is 5. The largest absolute Gasteiger partial charge is 0.484 e. The number of hydrogen-bond acceptors (Lipinski definition) is 4. The van der Waals surface area contributed by atoms with Gasteiger partial charge in [-0.15, -0.1) is 0 Å². The monoisotopic (exact) mass is 304 g/mol. The molecule has 0 aliphatic carbocycles. The van der Waals surface area contributed by atoms with Gasteiger partial charge in [0.15, 0.2) is 6.61 Å². The highest BCUT2D eigenvalue weighted by Crippen LogP contribution is 2.18. The van der Waals surface area contributed by atoms with Crippen molar-refractivity contribution in [2.45, 2.75) is 6.92 Å². The summed E-state index contributed by atoms with van der Waals surface area (Å²) >= 11 is 0. The number of carbonyl (C=O) groups excluding carboxylic acids is 1. The molecular weight excluding hydrogens is 291 g/mol. The molecule has 0 heterocycles. The van der Waals surface area contributed by atoms with E-state index in [-0.39, 0.29) is 18.0 Å². The molecule has 6 nitrogen and oxygen atoms in total. The number of nitro benzene ring substituents is 1. The van der Waals surface area contributed by atoms with Crippen LogP contribution in [-0.2, 0) is 4.79 Å². The summed E-state index contributed by atoms with van der Waals surface area (Å²) < 4.78 is 18.8. The average Bonchev–Trinajstić information content (AvgIpc) is 2.48. The smallest absolute Gasteiger partial charge is 0.269 e. The minimum absolute atomic E-state index is 0.0708. The minimum Gasteiger partial charge on any atom is -0.484 e. The number of carbonyl (C=O) groups is 1. The predicted octanol–water partition coefficient (Wildman–Crippen LogP) is 3.06. The Morgan fingerprint density at radius 3 is 2.55 bits per heavy atom. The summed E-state index contributed by atoms with van der Waals surface area (Å²) in [5.41, 5.74) is 0.749. The molecule has 0 bridgehead atoms. The molecule has 0 aromatic heterocycles. The number of hydrogen-bond donors (Lipinski definition) is 1. The molecule has 114 valence electrons. The molecule has 0 radical (unpaired) electrons. The van der Waals surface area contributed by atoms with E-state index in [1.165, 1.54) is 36.4 Å². The van der Waals surface area contributed by atoms with Crippen molar-refractivity contribution >= 4 is 17.3 Å². The van der Waals surface area contributed by atoms with E-state index in [4.69, 9.17) is 4.74 Å². The van der Waals surface area contributed by atoms with Crippen LogP contribution in [0.2, 0.25) is 0 Å². The first-order valence-electron chi connectivity index (χ1n) is 6.39. The lowest BCUT2D eigenvalue weighted by Gasteiger charge is -2.08. The third-order valence-corrected chi connectivity index (χ3v) is 2.82. The van der Waals surface area contributed by atoms with Crippen LogP contribution < -0.4 is 10.1 Å². The normalized spacial score (nSPS) is 10.1. The van der Waals surface area contributed by atoms with Crippen molar-refractivity contribution in [2.75, 3.05) is 11.9 Å². The van der Waals surface area contributed by atoms with E-state index in [1.54, 1.807) is 13.0 Å². The van der Waals surface area contributed by atoms with Gasteiger partial charge in [-0.1, -0.05) is 6.07 Å². The molecule has 7 heteroatoms. The maximum atomic E-state index is 13.6. The van der Waals surface area contributed by atoms with Gasteiger partial charge in [-0.2, -0.15) is 0 Å². The summed E-state index contributed by atoms with van der Waals surface area (Å²) in [5, 5.41) is 12.9. The van der Waals surface area contributed by atoms with E-state index in [0.29, 0.717) is 5.75 Å². The molecule has 0 spiro atoms. The third kappa shape index (κ3) is 4.02. The second-order valence-electron chi connectivity index (χ2n) is 4.57. The van der Waals surface area contributed by atoms with Gasteiger partial charge in [0.25, 0.3) is 11.6 Å². The van der Waals surface area contributed by atoms with E-state index in [9.17, 15) is 19.3 Å². The number of nitrogens with one attached hydrogen (secondary N) is 1. The number of non-ortho nitro benzene ring substituents is 1. The summed E-state index contributed by atoms with van der Waals surface area (Å²) in [6.07, 6.45) is 0. The van der Waals surface area contributed by atoms with Gasteiger partial charge in [-0.05, 0) is 36.8 Å². The molecule has 2 aromatic rings. The standard InChI is InChI=1S/C15H13FN2O4/c1-10-2-7-14(13(16)8-10)17-15(19)9-22-12-5-3-11(4-6-12)18(20)21/h2-8H,9H2,1H3,(H,17,19). The average molecular weight is 304 g/mol. The fourth-order valence-electron chi connectivity index (χ4n) is 1.72. The van der Waals surface area contributed by atoms with E-state index in [0.717, 1.165) is 5.56 Å². The van der Waals surface area contributed by atoms with Crippen LogP contribution in [0.4, 0.5) is 15.8 Å². The maximum absolute atomic E-state index is 13.6. The fourth-order valence-corrected chi connectivity index (χ4v) is 1.72. The fraction of sp³-hybridized carbons (Fsp3) is 0.133. The van der Waals surface area contributed by atoms with Crippen molar-refractivity contribution in [2.24, 2.45) is 0 Å². The van der Waals surface area contributed by atoms with Gasteiger partial charge in [0.1, 0.15) is 11.6 Å². The van der Waals surface area contributed by atoms with Crippen LogP contribution in [0.3, 0.4) is 0 Å². The Morgan fingerprint density at radius 2 is 1.95 bits per heavy atom. The molecule has 0 saturated heterocycles. The Bertz CT molecular complexity index is 701. The Labute approximate surface area is 125 Å². The molecule has 0 unspecified atom stereocenters. The first kappa shape index (κ1) is 15.4. The van der Waals surface area contributed by atoms with E-state index in [1.807, 2.05) is 0 Å². The number of nitro groups is 1. The SMILES string of the molecule is Cc1ccc(NC(=O)COc2ccc([N+](=O)[O-])cc2)c(F)c1. The van der Waals surface area contributed by atoms with Gasteiger partial charge in [-0.3, -0.25) is 14.9 Å². The van der Waals surface area contributed by atoms with Crippen LogP contribution in [-0.4, -0.2) is 17.4 Å². The van der Waals surface area contributed by atoms with Crippen LogP contribution in [0, 0.1) is 22.9 Å². The highest BCUT2D eigenvalue weighted by molar-refractivity contribution is 5.92. The van der Waals surface area contributed by atoms with Crippen LogP contribution >= 0.6 is 0 Å². The molecule has 22 heavy (non-hydrogen) atoms. The third-order valence-electron chi connectivity index (χ3n) is 2.82. The van der Waals surface area contributed by atoms with Crippen molar-refractivity contribution in [3.8, 4) is 5.75 Å². The molecule has 1 N–H and O–H groups in total. The number of ether oxygens (including phenoxy) is 1. The van der Waals surface area contributed by atoms with E-state index in [2.05, 4.69) is 5.32 Å². The molecule has 1 amide bonds. The number of amides is 1. The lowest BCUT2D eigenvalue weighted by atomic mass is 10.2. The molecule has 0 atom stereocenters. The van der Waals surface area contributed by atoms with Crippen molar-refractivity contribution in [1.29, 1.82) is 0 Å². The van der Waals surface area contributed by atoms with Crippen molar-refractivity contribution in [3.63, 3.8) is 0 Å². The van der Waals surface area contributed by atoms with Gasteiger partial charge >= 0.3 is 0 Å². The molecule has 2 rings (SSSR count). The number of aryl methyl sites for hydroxylation is 1. The Kier molecular flexibility index (Phi) is 4.67.